The molecule has 22 heavy (non-hydrogen) atoms. The SMILES string of the molecule is CCOCCCNC(=NC)NCCC(=O)NC1CCCCC1. The molecule has 1 amide bonds. The molecule has 0 aromatic rings. The van der Waals surface area contributed by atoms with Crippen molar-refractivity contribution in [2.24, 2.45) is 4.99 Å². The summed E-state index contributed by atoms with van der Waals surface area (Å²) < 4.78 is 5.28. The second-order valence-electron chi connectivity index (χ2n) is 5.63. The Hall–Kier alpha value is -1.30. The van der Waals surface area contributed by atoms with Crippen LogP contribution in [0.4, 0.5) is 0 Å². The third kappa shape index (κ3) is 8.87. The van der Waals surface area contributed by atoms with E-state index in [1.807, 2.05) is 6.92 Å². The summed E-state index contributed by atoms with van der Waals surface area (Å²) in [5.74, 6) is 0.869. The van der Waals surface area contributed by atoms with Gasteiger partial charge < -0.3 is 20.7 Å². The number of hydrogen-bond donors (Lipinski definition) is 3. The molecule has 0 saturated heterocycles. The molecule has 0 aromatic heterocycles. The van der Waals surface area contributed by atoms with Gasteiger partial charge in [-0.25, -0.2) is 0 Å². The number of aliphatic imine (C=N–C) groups is 1. The lowest BCUT2D eigenvalue weighted by Crippen LogP contribution is -2.41. The van der Waals surface area contributed by atoms with Gasteiger partial charge in [0.15, 0.2) is 5.96 Å². The van der Waals surface area contributed by atoms with Crippen LogP contribution in [0.25, 0.3) is 0 Å². The van der Waals surface area contributed by atoms with E-state index in [1.165, 1.54) is 19.3 Å². The Balaban J connectivity index is 2.06. The van der Waals surface area contributed by atoms with Crippen molar-refractivity contribution in [2.75, 3.05) is 33.4 Å². The summed E-state index contributed by atoms with van der Waals surface area (Å²) in [7, 11) is 1.74. The molecule has 6 heteroatoms. The highest BCUT2D eigenvalue weighted by molar-refractivity contribution is 5.81. The van der Waals surface area contributed by atoms with Gasteiger partial charge in [-0.15, -0.1) is 0 Å². The Morgan fingerprint density at radius 3 is 2.59 bits per heavy atom. The van der Waals surface area contributed by atoms with Crippen LogP contribution in [-0.2, 0) is 9.53 Å². The first-order chi connectivity index (χ1) is 10.8. The van der Waals surface area contributed by atoms with Gasteiger partial charge in [-0.2, -0.15) is 0 Å². The lowest BCUT2D eigenvalue weighted by molar-refractivity contribution is -0.121. The molecule has 1 aliphatic carbocycles. The molecule has 0 unspecified atom stereocenters. The van der Waals surface area contributed by atoms with Crippen molar-refractivity contribution >= 4 is 11.9 Å². The first kappa shape index (κ1) is 18.7. The van der Waals surface area contributed by atoms with E-state index in [9.17, 15) is 4.79 Å². The lowest BCUT2D eigenvalue weighted by atomic mass is 9.95. The van der Waals surface area contributed by atoms with Gasteiger partial charge in [0.05, 0.1) is 0 Å². The molecule has 0 aliphatic heterocycles. The van der Waals surface area contributed by atoms with Gasteiger partial charge in [-0.3, -0.25) is 9.79 Å². The third-order valence-electron chi connectivity index (χ3n) is 3.80. The van der Waals surface area contributed by atoms with Gasteiger partial charge >= 0.3 is 0 Å². The Morgan fingerprint density at radius 1 is 1.18 bits per heavy atom. The number of ether oxygens (including phenoxy) is 1. The third-order valence-corrected chi connectivity index (χ3v) is 3.80. The summed E-state index contributed by atoms with van der Waals surface area (Å²) in [5, 5.41) is 9.50. The van der Waals surface area contributed by atoms with Gasteiger partial charge in [0.25, 0.3) is 0 Å². The molecule has 0 spiro atoms. The first-order valence-electron chi connectivity index (χ1n) is 8.58. The van der Waals surface area contributed by atoms with Crippen LogP contribution in [0.15, 0.2) is 4.99 Å². The monoisotopic (exact) mass is 312 g/mol. The molecule has 1 fully saturated rings. The fourth-order valence-electron chi connectivity index (χ4n) is 2.59. The molecular formula is C16H32N4O2. The van der Waals surface area contributed by atoms with E-state index >= 15 is 0 Å². The first-order valence-corrected chi connectivity index (χ1v) is 8.58. The minimum atomic E-state index is 0.131. The minimum absolute atomic E-state index is 0.131. The highest BCUT2D eigenvalue weighted by Crippen LogP contribution is 2.17. The van der Waals surface area contributed by atoms with Crippen LogP contribution in [0, 0.1) is 0 Å². The highest BCUT2D eigenvalue weighted by Gasteiger charge is 2.15. The maximum absolute atomic E-state index is 11.9. The van der Waals surface area contributed by atoms with E-state index < -0.39 is 0 Å². The lowest BCUT2D eigenvalue weighted by Gasteiger charge is -2.22. The van der Waals surface area contributed by atoms with Crippen LogP contribution in [0.1, 0.15) is 51.9 Å². The van der Waals surface area contributed by atoms with Crippen molar-refractivity contribution in [3.63, 3.8) is 0 Å². The summed E-state index contributed by atoms with van der Waals surface area (Å²) in [5.41, 5.74) is 0. The van der Waals surface area contributed by atoms with E-state index in [2.05, 4.69) is 20.9 Å². The molecule has 0 radical (unpaired) electrons. The van der Waals surface area contributed by atoms with Gasteiger partial charge in [0.2, 0.25) is 5.91 Å². The number of rotatable bonds is 9. The Kier molecular flexibility index (Phi) is 10.5. The average Bonchev–Trinajstić information content (AvgIpc) is 2.54. The molecule has 6 nitrogen and oxygen atoms in total. The largest absolute Gasteiger partial charge is 0.382 e. The standard InChI is InChI=1S/C16H32N4O2/c1-3-22-13-7-11-18-16(17-2)19-12-10-15(21)20-14-8-5-4-6-9-14/h14H,3-13H2,1-2H3,(H,20,21)(H2,17,18,19). The van der Waals surface area contributed by atoms with E-state index in [0.717, 1.165) is 45.0 Å². The molecule has 0 atom stereocenters. The summed E-state index contributed by atoms with van der Waals surface area (Å²) in [4.78, 5) is 16.0. The quantitative estimate of drug-likeness (QED) is 0.342. The number of carbonyl (C=O) groups excluding carboxylic acids is 1. The zero-order chi connectivity index (χ0) is 16.0. The molecule has 128 valence electrons. The van der Waals surface area contributed by atoms with Crippen molar-refractivity contribution in [1.29, 1.82) is 0 Å². The summed E-state index contributed by atoms with van der Waals surface area (Å²) in [6.07, 6.45) is 7.46. The number of nitrogens with zero attached hydrogens (tertiary/aromatic N) is 1. The molecule has 3 N–H and O–H groups in total. The van der Waals surface area contributed by atoms with Crippen LogP contribution in [0.2, 0.25) is 0 Å². The van der Waals surface area contributed by atoms with Gasteiger partial charge in [0, 0.05) is 45.8 Å². The number of carbonyl (C=O) groups is 1. The van der Waals surface area contributed by atoms with E-state index in [4.69, 9.17) is 4.74 Å². The summed E-state index contributed by atoms with van der Waals surface area (Å²) >= 11 is 0. The number of hydrogen-bond acceptors (Lipinski definition) is 3. The molecule has 0 heterocycles. The molecule has 0 aromatic carbocycles. The van der Waals surface area contributed by atoms with E-state index in [0.29, 0.717) is 19.0 Å². The molecule has 0 bridgehead atoms. The van der Waals surface area contributed by atoms with Gasteiger partial charge in [-0.05, 0) is 26.2 Å². The average molecular weight is 312 g/mol. The number of amides is 1. The Morgan fingerprint density at radius 2 is 1.91 bits per heavy atom. The van der Waals surface area contributed by atoms with Crippen molar-refractivity contribution in [2.45, 2.75) is 57.9 Å². The van der Waals surface area contributed by atoms with Crippen molar-refractivity contribution in [3.05, 3.63) is 0 Å². The van der Waals surface area contributed by atoms with E-state index in [-0.39, 0.29) is 5.91 Å². The predicted octanol–water partition coefficient (Wildman–Crippen LogP) is 1.42. The van der Waals surface area contributed by atoms with Gasteiger partial charge in [0.1, 0.15) is 0 Å². The zero-order valence-electron chi connectivity index (χ0n) is 14.1. The fourth-order valence-corrected chi connectivity index (χ4v) is 2.59. The zero-order valence-corrected chi connectivity index (χ0v) is 14.1. The molecular weight excluding hydrogens is 280 g/mol. The maximum Gasteiger partial charge on any atom is 0.221 e. The fraction of sp³-hybridized carbons (Fsp3) is 0.875. The minimum Gasteiger partial charge on any atom is -0.382 e. The molecule has 1 saturated carbocycles. The van der Waals surface area contributed by atoms with Crippen molar-refractivity contribution in [1.82, 2.24) is 16.0 Å². The van der Waals surface area contributed by atoms with Crippen molar-refractivity contribution < 1.29 is 9.53 Å². The number of nitrogens with one attached hydrogen (secondary N) is 3. The second-order valence-corrected chi connectivity index (χ2v) is 5.63. The predicted molar refractivity (Wildman–Crippen MR) is 90.1 cm³/mol. The Bertz CT molecular complexity index is 328. The Labute approximate surface area is 134 Å². The van der Waals surface area contributed by atoms with Crippen LogP contribution in [0.3, 0.4) is 0 Å². The summed E-state index contributed by atoms with van der Waals surface area (Å²) in [6.45, 7) is 4.91. The normalized spacial score (nSPS) is 16.4. The smallest absolute Gasteiger partial charge is 0.221 e. The highest BCUT2D eigenvalue weighted by atomic mass is 16.5. The van der Waals surface area contributed by atoms with Crippen molar-refractivity contribution in [3.8, 4) is 0 Å². The second kappa shape index (κ2) is 12.3. The molecule has 1 rings (SSSR count). The van der Waals surface area contributed by atoms with Gasteiger partial charge in [-0.1, -0.05) is 19.3 Å². The maximum atomic E-state index is 11.9. The van der Waals surface area contributed by atoms with Crippen LogP contribution >= 0.6 is 0 Å². The number of guanidine groups is 1. The van der Waals surface area contributed by atoms with Crippen LogP contribution in [-0.4, -0.2) is 51.3 Å². The molecule has 1 aliphatic rings. The van der Waals surface area contributed by atoms with Crippen LogP contribution < -0.4 is 16.0 Å². The summed E-state index contributed by atoms with van der Waals surface area (Å²) in [6, 6.07) is 0.386. The topological polar surface area (TPSA) is 74.8 Å². The van der Waals surface area contributed by atoms with Crippen LogP contribution in [0.5, 0.6) is 0 Å². The van der Waals surface area contributed by atoms with E-state index in [1.54, 1.807) is 7.05 Å².